The van der Waals surface area contributed by atoms with E-state index >= 15 is 0 Å². The Morgan fingerprint density at radius 3 is 1.83 bits per heavy atom. The van der Waals surface area contributed by atoms with Crippen LogP contribution in [0.25, 0.3) is 102 Å². The van der Waals surface area contributed by atoms with Crippen LogP contribution in [0.15, 0.2) is 196 Å². The number of para-hydroxylation sites is 1. The minimum atomic E-state index is 0.594. The summed E-state index contributed by atoms with van der Waals surface area (Å²) in [5.74, 6) is 1.81. The lowest BCUT2D eigenvalue weighted by atomic mass is 9.94. The Balaban J connectivity index is 1.13. The Labute approximate surface area is 339 Å². The van der Waals surface area contributed by atoms with Crippen LogP contribution >= 0.6 is 11.8 Å². The summed E-state index contributed by atoms with van der Waals surface area (Å²) in [6.07, 6.45) is 8.11. The summed E-state index contributed by atoms with van der Waals surface area (Å²) in [5, 5.41) is 2.19. The van der Waals surface area contributed by atoms with Crippen molar-refractivity contribution in [3.8, 4) is 67.5 Å². The average Bonchev–Trinajstić information content (AvgIpc) is 3.65. The Morgan fingerprint density at radius 1 is 0.379 bits per heavy atom. The maximum Gasteiger partial charge on any atom is 0.164 e. The van der Waals surface area contributed by atoms with E-state index in [1.807, 2.05) is 54.7 Å². The first-order valence-electron chi connectivity index (χ1n) is 19.2. The second-order valence-electron chi connectivity index (χ2n) is 14.3. The quantitative estimate of drug-likeness (QED) is 0.178. The van der Waals surface area contributed by atoms with Crippen LogP contribution in [0.5, 0.6) is 0 Å². The van der Waals surface area contributed by atoms with Crippen molar-refractivity contribution in [3.05, 3.63) is 193 Å². The first-order chi connectivity index (χ1) is 28.7. The van der Waals surface area contributed by atoms with Crippen molar-refractivity contribution >= 4 is 45.9 Å². The Kier molecular flexibility index (Phi) is 8.34. The summed E-state index contributed by atoms with van der Waals surface area (Å²) in [4.78, 5) is 21.9. The third kappa shape index (κ3) is 6.17. The molecule has 3 aromatic heterocycles. The third-order valence-electron chi connectivity index (χ3n) is 10.7. The number of hydrogen-bond donors (Lipinski definition) is 0. The lowest BCUT2D eigenvalue weighted by Crippen LogP contribution is -2.00. The van der Waals surface area contributed by atoms with Gasteiger partial charge in [-0.25, -0.2) is 15.0 Å². The normalized spacial score (nSPS) is 12.6. The highest BCUT2D eigenvalue weighted by Crippen LogP contribution is 2.46. The summed E-state index contributed by atoms with van der Waals surface area (Å²) < 4.78 is 6.52. The Morgan fingerprint density at radius 2 is 1.02 bits per heavy atom. The molecule has 10 aromatic rings. The van der Waals surface area contributed by atoms with Crippen molar-refractivity contribution in [2.75, 3.05) is 0 Å². The van der Waals surface area contributed by atoms with Crippen LogP contribution in [0, 0.1) is 0 Å². The highest BCUT2D eigenvalue weighted by atomic mass is 32.2. The molecule has 0 radical (unpaired) electrons. The summed E-state index contributed by atoms with van der Waals surface area (Å²) in [6.45, 7) is 0. The molecule has 0 N–H and O–H groups in total. The number of pyridine rings is 1. The van der Waals surface area contributed by atoms with Crippen LogP contribution in [-0.2, 0) is 0 Å². The smallest absolute Gasteiger partial charge is 0.164 e. The van der Waals surface area contributed by atoms with Crippen molar-refractivity contribution < 1.29 is 4.42 Å². The lowest BCUT2D eigenvalue weighted by Gasteiger charge is -2.16. The van der Waals surface area contributed by atoms with Gasteiger partial charge >= 0.3 is 0 Å². The molecule has 0 bridgehead atoms. The van der Waals surface area contributed by atoms with Gasteiger partial charge in [0.05, 0.1) is 0 Å². The third-order valence-corrected chi connectivity index (χ3v) is 11.8. The molecule has 5 nitrogen and oxygen atoms in total. The molecular formula is C52H32N4OS. The second-order valence-corrected chi connectivity index (χ2v) is 15.3. The van der Waals surface area contributed by atoms with Crippen molar-refractivity contribution in [2.24, 2.45) is 0 Å². The standard InChI is InChI=1S/C52H32N4OS/c1-2-12-36(13-3-1)50-54-51(37-25-20-33(21-26-37)39-14-10-28-53-32-39)56-52(55-50)38-27-24-35-23-22-34-11-4-5-15-40(34)42-17-7-9-19-48(42)58-49-31-44-41-16-6-8-18-46(41)57-47(44)30-45(49)43(35)29-38/h1-32H/b23-22-. The van der Waals surface area contributed by atoms with Crippen LogP contribution in [0.2, 0.25) is 0 Å². The molecule has 272 valence electrons. The summed E-state index contributed by atoms with van der Waals surface area (Å²) >= 11 is 1.79. The van der Waals surface area contributed by atoms with E-state index in [4.69, 9.17) is 19.4 Å². The van der Waals surface area contributed by atoms with E-state index in [1.165, 1.54) is 16.0 Å². The van der Waals surface area contributed by atoms with E-state index < -0.39 is 0 Å². The number of rotatable bonds is 4. The van der Waals surface area contributed by atoms with E-state index in [0.717, 1.165) is 76.9 Å². The molecule has 58 heavy (non-hydrogen) atoms. The molecule has 1 aliphatic rings. The lowest BCUT2D eigenvalue weighted by molar-refractivity contribution is 0.669. The van der Waals surface area contributed by atoms with Crippen molar-refractivity contribution in [3.63, 3.8) is 0 Å². The fourth-order valence-electron chi connectivity index (χ4n) is 7.78. The number of fused-ring (bicyclic) bond motifs is 9. The molecule has 0 saturated carbocycles. The summed E-state index contributed by atoms with van der Waals surface area (Å²) in [5.41, 5.74) is 13.3. The van der Waals surface area contributed by atoms with Gasteiger partial charge < -0.3 is 4.42 Å². The van der Waals surface area contributed by atoms with E-state index in [-0.39, 0.29) is 0 Å². The van der Waals surface area contributed by atoms with Gasteiger partial charge in [0.2, 0.25) is 0 Å². The molecular weight excluding hydrogens is 729 g/mol. The highest BCUT2D eigenvalue weighted by Gasteiger charge is 2.21. The maximum atomic E-state index is 6.52. The van der Waals surface area contributed by atoms with Gasteiger partial charge in [-0.2, -0.15) is 0 Å². The number of aromatic nitrogens is 4. The van der Waals surface area contributed by atoms with E-state index in [9.17, 15) is 0 Å². The van der Waals surface area contributed by atoms with Crippen LogP contribution < -0.4 is 0 Å². The first kappa shape index (κ1) is 33.9. The number of hydrogen-bond acceptors (Lipinski definition) is 6. The molecule has 11 rings (SSSR count). The first-order valence-corrected chi connectivity index (χ1v) is 20.0. The SMILES string of the molecule is C1=C\c2ccc(-c3nc(-c4ccccc4)nc(-c4ccc(-c5cccnc5)cc4)n3)cc2-c2cc3oc4ccccc4c3cc2Sc2ccccc2-c2ccccc2/1. The van der Waals surface area contributed by atoms with Gasteiger partial charge in [-0.1, -0.05) is 157 Å². The predicted octanol–water partition coefficient (Wildman–Crippen LogP) is 13.8. The van der Waals surface area contributed by atoms with Crippen LogP contribution in [-0.4, -0.2) is 19.9 Å². The number of benzene rings is 7. The molecule has 0 spiro atoms. The summed E-state index contributed by atoms with van der Waals surface area (Å²) in [7, 11) is 0. The number of nitrogens with zero attached hydrogens (tertiary/aromatic N) is 4. The van der Waals surface area contributed by atoms with E-state index in [2.05, 4.69) is 138 Å². The van der Waals surface area contributed by atoms with Crippen molar-refractivity contribution in [1.29, 1.82) is 0 Å². The minimum Gasteiger partial charge on any atom is -0.456 e. The molecule has 0 saturated heterocycles. The van der Waals surface area contributed by atoms with Crippen LogP contribution in [0.3, 0.4) is 0 Å². The molecule has 0 amide bonds. The van der Waals surface area contributed by atoms with Gasteiger partial charge in [0, 0.05) is 49.6 Å². The topological polar surface area (TPSA) is 64.7 Å². The monoisotopic (exact) mass is 760 g/mol. The minimum absolute atomic E-state index is 0.594. The fraction of sp³-hybridized carbons (Fsp3) is 0. The van der Waals surface area contributed by atoms with E-state index in [0.29, 0.717) is 17.5 Å². The van der Waals surface area contributed by atoms with Gasteiger partial charge in [-0.15, -0.1) is 0 Å². The Hall–Kier alpha value is -7.41. The molecule has 7 aromatic carbocycles. The van der Waals surface area contributed by atoms with Crippen molar-refractivity contribution in [2.45, 2.75) is 9.79 Å². The zero-order valence-electron chi connectivity index (χ0n) is 31.1. The molecule has 0 fully saturated rings. The van der Waals surface area contributed by atoms with Crippen LogP contribution in [0.4, 0.5) is 0 Å². The average molecular weight is 761 g/mol. The predicted molar refractivity (Wildman–Crippen MR) is 237 cm³/mol. The van der Waals surface area contributed by atoms with Gasteiger partial charge in [-0.3, -0.25) is 4.98 Å². The molecule has 6 heteroatoms. The largest absolute Gasteiger partial charge is 0.456 e. The van der Waals surface area contributed by atoms with Gasteiger partial charge in [0.1, 0.15) is 11.2 Å². The van der Waals surface area contributed by atoms with Crippen LogP contribution in [0.1, 0.15) is 11.1 Å². The zero-order valence-corrected chi connectivity index (χ0v) is 31.9. The second kappa shape index (κ2) is 14.3. The van der Waals surface area contributed by atoms with E-state index in [1.54, 1.807) is 18.0 Å². The van der Waals surface area contributed by atoms with Crippen molar-refractivity contribution in [1.82, 2.24) is 19.9 Å². The molecule has 4 heterocycles. The molecule has 0 unspecified atom stereocenters. The molecule has 0 atom stereocenters. The highest BCUT2D eigenvalue weighted by molar-refractivity contribution is 7.99. The zero-order chi connectivity index (χ0) is 38.4. The van der Waals surface area contributed by atoms with Gasteiger partial charge in [-0.05, 0) is 80.9 Å². The maximum absolute atomic E-state index is 6.52. The summed E-state index contributed by atoms with van der Waals surface area (Å²) in [6, 6.07) is 59.0. The molecule has 1 aliphatic heterocycles. The van der Waals surface area contributed by atoms with Gasteiger partial charge in [0.15, 0.2) is 17.5 Å². The number of furan rings is 1. The fourth-order valence-corrected chi connectivity index (χ4v) is 8.91. The molecule has 0 aliphatic carbocycles. The Bertz CT molecular complexity index is 3190. The van der Waals surface area contributed by atoms with Gasteiger partial charge in [0.25, 0.3) is 0 Å².